The van der Waals surface area contributed by atoms with Crippen LogP contribution < -0.4 is 11.1 Å². The van der Waals surface area contributed by atoms with Gasteiger partial charge in [-0.15, -0.1) is 0 Å². The molecule has 1 rings (SSSR count). The molecule has 0 saturated heterocycles. The molecule has 0 radical (unpaired) electrons. The Bertz CT molecular complexity index is 177. The lowest BCUT2D eigenvalue weighted by atomic mass is 9.83. The van der Waals surface area contributed by atoms with Gasteiger partial charge in [-0.25, -0.2) is 0 Å². The molecular formula is C13H28N2. The van der Waals surface area contributed by atoms with Gasteiger partial charge in [0.05, 0.1) is 0 Å². The molecule has 0 heterocycles. The monoisotopic (exact) mass is 212 g/mol. The van der Waals surface area contributed by atoms with Crippen LogP contribution in [0.15, 0.2) is 0 Å². The topological polar surface area (TPSA) is 38.0 Å². The van der Waals surface area contributed by atoms with Crippen LogP contribution in [0, 0.1) is 11.3 Å². The van der Waals surface area contributed by atoms with Crippen LogP contribution in [0.25, 0.3) is 0 Å². The van der Waals surface area contributed by atoms with Crippen molar-refractivity contribution in [3.8, 4) is 0 Å². The van der Waals surface area contributed by atoms with Crippen molar-refractivity contribution in [3.63, 3.8) is 0 Å². The SMILES string of the molecule is CCC(C)(C)CNC1CCCCC1CN. The summed E-state index contributed by atoms with van der Waals surface area (Å²) in [5.41, 5.74) is 6.25. The fourth-order valence-corrected chi connectivity index (χ4v) is 2.29. The Labute approximate surface area is 95.0 Å². The molecule has 0 aliphatic heterocycles. The summed E-state index contributed by atoms with van der Waals surface area (Å²) >= 11 is 0. The average molecular weight is 212 g/mol. The van der Waals surface area contributed by atoms with Crippen molar-refractivity contribution in [2.45, 2.75) is 58.9 Å². The molecule has 0 aromatic rings. The lowest BCUT2D eigenvalue weighted by Crippen LogP contribution is -2.45. The van der Waals surface area contributed by atoms with E-state index in [2.05, 4.69) is 26.1 Å². The van der Waals surface area contributed by atoms with Crippen LogP contribution in [0.3, 0.4) is 0 Å². The molecule has 1 aliphatic rings. The molecule has 2 heteroatoms. The number of nitrogens with one attached hydrogen (secondary N) is 1. The van der Waals surface area contributed by atoms with Crippen molar-refractivity contribution in [2.24, 2.45) is 17.1 Å². The van der Waals surface area contributed by atoms with Crippen LogP contribution in [0.1, 0.15) is 52.9 Å². The number of rotatable bonds is 5. The van der Waals surface area contributed by atoms with Gasteiger partial charge in [-0.2, -0.15) is 0 Å². The van der Waals surface area contributed by atoms with E-state index in [-0.39, 0.29) is 0 Å². The molecule has 90 valence electrons. The van der Waals surface area contributed by atoms with Crippen molar-refractivity contribution >= 4 is 0 Å². The summed E-state index contributed by atoms with van der Waals surface area (Å²) in [6.45, 7) is 8.92. The third-order valence-electron chi connectivity index (χ3n) is 4.01. The van der Waals surface area contributed by atoms with Crippen LogP contribution in [-0.4, -0.2) is 19.1 Å². The average Bonchev–Trinajstić information content (AvgIpc) is 2.27. The number of nitrogens with two attached hydrogens (primary N) is 1. The molecule has 1 fully saturated rings. The molecule has 2 nitrogen and oxygen atoms in total. The van der Waals surface area contributed by atoms with E-state index in [0.717, 1.165) is 13.1 Å². The summed E-state index contributed by atoms with van der Waals surface area (Å²) in [5, 5.41) is 3.73. The van der Waals surface area contributed by atoms with Crippen LogP contribution in [0.4, 0.5) is 0 Å². The molecule has 2 atom stereocenters. The van der Waals surface area contributed by atoms with Gasteiger partial charge in [0.25, 0.3) is 0 Å². The summed E-state index contributed by atoms with van der Waals surface area (Å²) in [7, 11) is 0. The molecule has 2 unspecified atom stereocenters. The third-order valence-corrected chi connectivity index (χ3v) is 4.01. The zero-order chi connectivity index (χ0) is 11.3. The predicted molar refractivity (Wildman–Crippen MR) is 66.9 cm³/mol. The number of hydrogen-bond acceptors (Lipinski definition) is 2. The molecule has 0 amide bonds. The van der Waals surface area contributed by atoms with Gasteiger partial charge in [-0.05, 0) is 37.1 Å². The minimum atomic E-state index is 0.427. The minimum absolute atomic E-state index is 0.427. The maximum Gasteiger partial charge on any atom is 0.0108 e. The first-order valence-corrected chi connectivity index (χ1v) is 6.52. The second-order valence-corrected chi connectivity index (χ2v) is 5.79. The van der Waals surface area contributed by atoms with Crippen molar-refractivity contribution in [3.05, 3.63) is 0 Å². The van der Waals surface area contributed by atoms with Crippen molar-refractivity contribution in [1.29, 1.82) is 0 Å². The summed E-state index contributed by atoms with van der Waals surface area (Å²) in [5.74, 6) is 0.714. The van der Waals surface area contributed by atoms with Crippen molar-refractivity contribution in [1.82, 2.24) is 5.32 Å². The van der Waals surface area contributed by atoms with E-state index >= 15 is 0 Å². The van der Waals surface area contributed by atoms with Gasteiger partial charge in [0, 0.05) is 12.6 Å². The standard InChI is InChI=1S/C13H28N2/c1-4-13(2,3)10-15-12-8-6-5-7-11(12)9-14/h11-12,15H,4-10,14H2,1-3H3. The Morgan fingerprint density at radius 2 is 1.93 bits per heavy atom. The lowest BCUT2D eigenvalue weighted by Gasteiger charge is -2.34. The van der Waals surface area contributed by atoms with E-state index in [9.17, 15) is 0 Å². The third kappa shape index (κ3) is 4.12. The van der Waals surface area contributed by atoms with E-state index in [4.69, 9.17) is 5.73 Å². The second-order valence-electron chi connectivity index (χ2n) is 5.79. The van der Waals surface area contributed by atoms with Crippen molar-refractivity contribution < 1.29 is 0 Å². The first kappa shape index (κ1) is 13.0. The van der Waals surface area contributed by atoms with Gasteiger partial charge >= 0.3 is 0 Å². The van der Waals surface area contributed by atoms with Gasteiger partial charge in [0.1, 0.15) is 0 Å². The normalized spacial score (nSPS) is 28.0. The zero-order valence-electron chi connectivity index (χ0n) is 10.7. The highest BCUT2D eigenvalue weighted by Gasteiger charge is 2.25. The molecule has 0 bridgehead atoms. The fraction of sp³-hybridized carbons (Fsp3) is 1.00. The van der Waals surface area contributed by atoms with Gasteiger partial charge in [-0.3, -0.25) is 0 Å². The van der Waals surface area contributed by atoms with E-state index < -0.39 is 0 Å². The Morgan fingerprint density at radius 1 is 1.27 bits per heavy atom. The summed E-state index contributed by atoms with van der Waals surface area (Å²) in [6, 6.07) is 0.676. The molecule has 1 saturated carbocycles. The highest BCUT2D eigenvalue weighted by molar-refractivity contribution is 4.83. The fourth-order valence-electron chi connectivity index (χ4n) is 2.29. The van der Waals surface area contributed by atoms with E-state index in [0.29, 0.717) is 17.4 Å². The van der Waals surface area contributed by atoms with Gasteiger partial charge in [-0.1, -0.05) is 33.6 Å². The maximum atomic E-state index is 5.83. The first-order valence-electron chi connectivity index (χ1n) is 6.52. The molecule has 0 aromatic heterocycles. The van der Waals surface area contributed by atoms with Gasteiger partial charge < -0.3 is 11.1 Å². The highest BCUT2D eigenvalue weighted by atomic mass is 14.9. The Kier molecular flexibility index (Phi) is 5.07. The van der Waals surface area contributed by atoms with Crippen molar-refractivity contribution in [2.75, 3.05) is 13.1 Å². The number of hydrogen-bond donors (Lipinski definition) is 2. The lowest BCUT2D eigenvalue weighted by molar-refractivity contribution is 0.229. The Hall–Kier alpha value is -0.0800. The quantitative estimate of drug-likeness (QED) is 0.735. The molecule has 1 aliphatic carbocycles. The van der Waals surface area contributed by atoms with Crippen LogP contribution in [0.5, 0.6) is 0 Å². The Morgan fingerprint density at radius 3 is 2.53 bits per heavy atom. The highest BCUT2D eigenvalue weighted by Crippen LogP contribution is 2.25. The first-order chi connectivity index (χ1) is 7.09. The largest absolute Gasteiger partial charge is 0.330 e. The van der Waals surface area contributed by atoms with E-state index in [1.807, 2.05) is 0 Å². The predicted octanol–water partition coefficient (Wildman–Crippen LogP) is 2.53. The summed E-state index contributed by atoms with van der Waals surface area (Å²) in [4.78, 5) is 0. The smallest absolute Gasteiger partial charge is 0.0108 e. The zero-order valence-corrected chi connectivity index (χ0v) is 10.7. The van der Waals surface area contributed by atoms with Crippen LogP contribution >= 0.6 is 0 Å². The summed E-state index contributed by atoms with van der Waals surface area (Å²) in [6.07, 6.45) is 6.63. The Balaban J connectivity index is 2.35. The van der Waals surface area contributed by atoms with E-state index in [1.165, 1.54) is 32.1 Å². The van der Waals surface area contributed by atoms with Crippen LogP contribution in [-0.2, 0) is 0 Å². The van der Waals surface area contributed by atoms with Crippen LogP contribution in [0.2, 0.25) is 0 Å². The van der Waals surface area contributed by atoms with Gasteiger partial charge in [0.15, 0.2) is 0 Å². The van der Waals surface area contributed by atoms with E-state index in [1.54, 1.807) is 0 Å². The molecule has 15 heavy (non-hydrogen) atoms. The molecule has 0 aromatic carbocycles. The second kappa shape index (κ2) is 5.86. The van der Waals surface area contributed by atoms with Gasteiger partial charge in [0.2, 0.25) is 0 Å². The molecule has 3 N–H and O–H groups in total. The molecular weight excluding hydrogens is 184 g/mol. The maximum absolute atomic E-state index is 5.83. The molecule has 0 spiro atoms. The minimum Gasteiger partial charge on any atom is -0.330 e. The summed E-state index contributed by atoms with van der Waals surface area (Å²) < 4.78 is 0.